The van der Waals surface area contributed by atoms with Crippen LogP contribution in [0.3, 0.4) is 0 Å². The van der Waals surface area contributed by atoms with Gasteiger partial charge in [0.25, 0.3) is 11.5 Å². The van der Waals surface area contributed by atoms with Crippen molar-refractivity contribution in [1.82, 2.24) is 19.8 Å². The van der Waals surface area contributed by atoms with Crippen LogP contribution in [0.15, 0.2) is 70.8 Å². The molecule has 0 spiro atoms. The molecule has 0 radical (unpaired) electrons. The minimum Gasteiger partial charge on any atom is -0.444 e. The highest BCUT2D eigenvalue weighted by Gasteiger charge is 2.47. The fourth-order valence-corrected chi connectivity index (χ4v) is 8.09. The van der Waals surface area contributed by atoms with Crippen LogP contribution in [0.25, 0.3) is 10.2 Å². The number of carbonyl (C=O) groups excluding carboxylic acids is 2. The average Bonchev–Trinajstić information content (AvgIpc) is 3.67. The van der Waals surface area contributed by atoms with Crippen LogP contribution in [0.4, 0.5) is 4.79 Å². The number of likely N-dealkylation sites (tertiary alicyclic amines) is 1. The van der Waals surface area contributed by atoms with E-state index in [0.717, 1.165) is 24.0 Å². The number of hydrogen-bond donors (Lipinski definition) is 1. The molecule has 262 valence electrons. The molecule has 5 rings (SSSR count). The van der Waals surface area contributed by atoms with Crippen LogP contribution in [-0.4, -0.2) is 64.8 Å². The van der Waals surface area contributed by atoms with Crippen LogP contribution < -0.4 is 5.56 Å². The first-order valence-corrected chi connectivity index (χ1v) is 20.8. The number of nitrogens with one attached hydrogen (secondary N) is 1. The molecule has 1 fully saturated rings. The van der Waals surface area contributed by atoms with Gasteiger partial charge in [0.15, 0.2) is 8.32 Å². The Morgan fingerprint density at radius 3 is 2.33 bits per heavy atom. The van der Waals surface area contributed by atoms with E-state index in [4.69, 9.17) is 9.16 Å². The zero-order valence-corrected chi connectivity index (χ0v) is 32.0. The van der Waals surface area contributed by atoms with Gasteiger partial charge in [-0.25, -0.2) is 9.78 Å². The van der Waals surface area contributed by atoms with Gasteiger partial charge in [0.1, 0.15) is 16.1 Å². The normalized spacial score (nSPS) is 17.7. The van der Waals surface area contributed by atoms with Crippen LogP contribution in [0, 0.1) is 0 Å². The molecule has 2 aromatic heterocycles. The van der Waals surface area contributed by atoms with E-state index in [9.17, 15) is 14.4 Å². The van der Waals surface area contributed by atoms with Crippen LogP contribution in [0.2, 0.25) is 18.1 Å². The number of hydrogen-bond acceptors (Lipinski definition) is 7. The molecule has 0 bridgehead atoms. The Balaban J connectivity index is 1.36. The third-order valence-corrected chi connectivity index (χ3v) is 15.0. The van der Waals surface area contributed by atoms with Crippen molar-refractivity contribution in [2.75, 3.05) is 7.05 Å². The number of ether oxygens (including phenoxy) is 1. The number of H-pyrrole nitrogens is 1. The molecular formula is C38H50N4O5SSi. The van der Waals surface area contributed by atoms with Crippen molar-refractivity contribution in [2.24, 2.45) is 0 Å². The van der Waals surface area contributed by atoms with Crippen LogP contribution >= 0.6 is 11.3 Å². The average molecular weight is 703 g/mol. The Morgan fingerprint density at radius 1 is 1.02 bits per heavy atom. The molecular weight excluding hydrogens is 653 g/mol. The molecule has 1 N–H and O–H groups in total. The number of benzene rings is 2. The molecule has 0 saturated carbocycles. The Morgan fingerprint density at radius 2 is 1.69 bits per heavy atom. The molecule has 0 unspecified atom stereocenters. The molecule has 1 aliphatic rings. The van der Waals surface area contributed by atoms with E-state index in [2.05, 4.69) is 56.0 Å². The van der Waals surface area contributed by atoms with E-state index < -0.39 is 13.9 Å². The second-order valence-electron chi connectivity index (χ2n) is 15.6. The van der Waals surface area contributed by atoms with Crippen molar-refractivity contribution >= 4 is 41.9 Å². The van der Waals surface area contributed by atoms with Gasteiger partial charge in [0.2, 0.25) is 0 Å². The predicted molar refractivity (Wildman–Crippen MR) is 199 cm³/mol. The third-order valence-electron chi connectivity index (χ3n) is 9.63. The zero-order chi connectivity index (χ0) is 35.7. The molecule has 1 saturated heterocycles. The molecule has 4 aromatic rings. The monoisotopic (exact) mass is 702 g/mol. The number of aromatic amines is 1. The van der Waals surface area contributed by atoms with E-state index in [1.807, 2.05) is 73.5 Å². The highest BCUT2D eigenvalue weighted by molar-refractivity contribution is 7.17. The van der Waals surface area contributed by atoms with Gasteiger partial charge >= 0.3 is 6.09 Å². The molecule has 49 heavy (non-hydrogen) atoms. The summed E-state index contributed by atoms with van der Waals surface area (Å²) in [6.07, 6.45) is 1.58. The third kappa shape index (κ3) is 8.50. The van der Waals surface area contributed by atoms with E-state index in [0.29, 0.717) is 28.0 Å². The first-order valence-electron chi connectivity index (χ1n) is 17.0. The fraction of sp³-hybridized carbons (Fsp3) is 0.474. The van der Waals surface area contributed by atoms with E-state index in [1.54, 1.807) is 18.0 Å². The molecule has 3 heterocycles. The smallest absolute Gasteiger partial charge is 0.410 e. The quantitative estimate of drug-likeness (QED) is 0.176. The van der Waals surface area contributed by atoms with Crippen molar-refractivity contribution in [3.05, 3.63) is 98.9 Å². The summed E-state index contributed by atoms with van der Waals surface area (Å²) in [6, 6.07) is 19.3. The Labute approximate surface area is 294 Å². The highest BCUT2D eigenvalue weighted by Crippen LogP contribution is 2.44. The van der Waals surface area contributed by atoms with Crippen molar-refractivity contribution in [3.63, 3.8) is 0 Å². The molecule has 3 atom stereocenters. The molecule has 0 aliphatic carbocycles. The minimum absolute atomic E-state index is 0.00655. The molecule has 2 amide bonds. The lowest BCUT2D eigenvalue weighted by Crippen LogP contribution is -2.50. The Kier molecular flexibility index (Phi) is 10.6. The summed E-state index contributed by atoms with van der Waals surface area (Å²) in [5.74, 6) is 0.261. The summed E-state index contributed by atoms with van der Waals surface area (Å²) in [4.78, 5) is 50.5. The summed E-state index contributed by atoms with van der Waals surface area (Å²) >= 11 is 1.34. The summed E-state index contributed by atoms with van der Waals surface area (Å²) < 4.78 is 13.7. The van der Waals surface area contributed by atoms with Crippen molar-refractivity contribution in [2.45, 2.75) is 109 Å². The summed E-state index contributed by atoms with van der Waals surface area (Å²) in [5.41, 5.74) is 2.40. The van der Waals surface area contributed by atoms with Crippen LogP contribution in [0.1, 0.15) is 87.8 Å². The number of carbonyl (C=O) groups is 2. The van der Waals surface area contributed by atoms with Crippen LogP contribution in [-0.2, 0) is 22.1 Å². The van der Waals surface area contributed by atoms with Crippen molar-refractivity contribution < 1.29 is 18.8 Å². The lowest BCUT2D eigenvalue weighted by atomic mass is 10.0. The zero-order valence-electron chi connectivity index (χ0n) is 30.2. The number of rotatable bonds is 9. The van der Waals surface area contributed by atoms with E-state index >= 15 is 0 Å². The van der Waals surface area contributed by atoms with Gasteiger partial charge in [-0.1, -0.05) is 63.2 Å². The summed E-state index contributed by atoms with van der Waals surface area (Å²) in [7, 11) is -0.530. The van der Waals surface area contributed by atoms with Gasteiger partial charge < -0.3 is 19.0 Å². The van der Waals surface area contributed by atoms with Crippen molar-refractivity contribution in [3.8, 4) is 0 Å². The molecule has 2 aromatic carbocycles. The lowest BCUT2D eigenvalue weighted by Gasteiger charge is -2.43. The van der Waals surface area contributed by atoms with Gasteiger partial charge in [0, 0.05) is 18.7 Å². The number of fused-ring (bicyclic) bond motifs is 1. The number of nitrogens with zero attached hydrogens (tertiary/aromatic N) is 3. The number of thiophene rings is 1. The van der Waals surface area contributed by atoms with E-state index in [-0.39, 0.29) is 47.3 Å². The summed E-state index contributed by atoms with van der Waals surface area (Å²) in [5, 5.41) is 1.82. The standard InChI is InChI=1S/C38H50N4O5SSi/c1-37(2,3)46-36(45)42-28(19-20-30(42)32(26-13-11-10-12-14-26)47-49(8,9)38(4,5)6)23-25-15-17-27(18-16-25)35(44)41(7)24-31-39-29-21-22-48-33(29)34(43)40-31/h10-18,21-22,28,30,32H,19-20,23-24H2,1-9H3,(H,39,40,43)/t28-,30+,32+/m0/s1. The van der Waals surface area contributed by atoms with Gasteiger partial charge in [-0.3, -0.25) is 14.5 Å². The topological polar surface area (TPSA) is 105 Å². The predicted octanol–water partition coefficient (Wildman–Crippen LogP) is 8.33. The largest absolute Gasteiger partial charge is 0.444 e. The molecule has 11 heteroatoms. The first-order chi connectivity index (χ1) is 22.9. The Hall–Kier alpha value is -3.80. The maximum absolute atomic E-state index is 14.0. The Bertz CT molecular complexity index is 1830. The number of aromatic nitrogens is 2. The second kappa shape index (κ2) is 14.2. The molecule has 9 nitrogen and oxygen atoms in total. The number of amides is 2. The lowest BCUT2D eigenvalue weighted by molar-refractivity contribution is -0.00239. The SMILES string of the molecule is CN(Cc1nc2ccsc2c(=O)[nH]1)C(=O)c1ccc(C[C@@H]2CC[C@H]([C@H](O[Si](C)(C)C(C)(C)C)c3ccccc3)N2C(=O)OC(C)(C)C)cc1. The first kappa shape index (κ1) is 36.5. The van der Waals surface area contributed by atoms with Gasteiger partial charge in [-0.2, -0.15) is 0 Å². The molecule has 1 aliphatic heterocycles. The van der Waals surface area contributed by atoms with E-state index in [1.165, 1.54) is 11.3 Å². The van der Waals surface area contributed by atoms with Crippen LogP contribution in [0.5, 0.6) is 0 Å². The maximum atomic E-state index is 14.0. The van der Waals surface area contributed by atoms with Gasteiger partial charge in [0.05, 0.1) is 24.2 Å². The second-order valence-corrected chi connectivity index (χ2v) is 21.3. The van der Waals surface area contributed by atoms with Crippen molar-refractivity contribution in [1.29, 1.82) is 0 Å². The van der Waals surface area contributed by atoms with Gasteiger partial charge in [-0.05, 0) is 92.9 Å². The maximum Gasteiger partial charge on any atom is 0.410 e. The fourth-order valence-electron chi connectivity index (χ4n) is 6.08. The highest BCUT2D eigenvalue weighted by atomic mass is 32.1. The minimum atomic E-state index is -2.22. The summed E-state index contributed by atoms with van der Waals surface area (Å²) in [6.45, 7) is 17.1. The van der Waals surface area contributed by atoms with Gasteiger partial charge in [-0.15, -0.1) is 11.3 Å².